The second-order valence-electron chi connectivity index (χ2n) is 8.12. The molecule has 32 heavy (non-hydrogen) atoms. The first-order valence-corrected chi connectivity index (χ1v) is 11.6. The lowest BCUT2D eigenvalue weighted by Crippen LogP contribution is -2.49. The van der Waals surface area contributed by atoms with Crippen molar-refractivity contribution >= 4 is 28.7 Å². The summed E-state index contributed by atoms with van der Waals surface area (Å²) in [6, 6.07) is 11.2. The van der Waals surface area contributed by atoms with Gasteiger partial charge < -0.3 is 14.6 Å². The number of para-hydroxylation sites is 2. The molecule has 0 saturated carbocycles. The van der Waals surface area contributed by atoms with Gasteiger partial charge in [-0.2, -0.15) is 0 Å². The van der Waals surface area contributed by atoms with Crippen LogP contribution in [-0.4, -0.2) is 69.8 Å². The van der Waals surface area contributed by atoms with Crippen LogP contribution in [0.2, 0.25) is 0 Å². The van der Waals surface area contributed by atoms with Gasteiger partial charge in [0, 0.05) is 37.0 Å². The van der Waals surface area contributed by atoms with E-state index in [1.165, 1.54) is 18.2 Å². The number of nitrogens with zero attached hydrogens (tertiary/aromatic N) is 3. The number of thioether (sulfide) groups is 1. The Morgan fingerprint density at radius 2 is 1.88 bits per heavy atom. The molecule has 2 saturated heterocycles. The Morgan fingerprint density at radius 1 is 1.12 bits per heavy atom. The van der Waals surface area contributed by atoms with Crippen molar-refractivity contribution in [1.29, 1.82) is 0 Å². The van der Waals surface area contributed by atoms with Crippen LogP contribution in [0.3, 0.4) is 0 Å². The monoisotopic (exact) mass is 458 g/mol. The fourth-order valence-corrected chi connectivity index (χ4v) is 5.58. The van der Waals surface area contributed by atoms with Gasteiger partial charge in [0.05, 0.1) is 30.3 Å². The van der Waals surface area contributed by atoms with Gasteiger partial charge in [-0.15, -0.1) is 0 Å². The molecule has 0 radical (unpaired) electrons. The van der Waals surface area contributed by atoms with E-state index >= 15 is 0 Å². The third kappa shape index (κ3) is 4.37. The Labute approximate surface area is 188 Å². The SMILES string of the molecule is O=C([C@@H]1C[C@@H](Sc2nc3ccccc3[nH]2)CN1Cc1c(F)cccc1F)N1CCOCC1. The molecule has 2 aliphatic rings. The first kappa shape index (κ1) is 21.4. The number of morpholine rings is 1. The zero-order chi connectivity index (χ0) is 22.1. The van der Waals surface area contributed by atoms with Crippen LogP contribution in [0.4, 0.5) is 8.78 Å². The zero-order valence-corrected chi connectivity index (χ0v) is 18.3. The summed E-state index contributed by atoms with van der Waals surface area (Å²) >= 11 is 1.58. The number of carbonyl (C=O) groups excluding carboxylic acids is 1. The van der Waals surface area contributed by atoms with Gasteiger partial charge in [0.25, 0.3) is 0 Å². The number of aromatic nitrogens is 2. The van der Waals surface area contributed by atoms with Crippen molar-refractivity contribution in [3.8, 4) is 0 Å². The Hall–Kier alpha value is -2.49. The lowest BCUT2D eigenvalue weighted by Gasteiger charge is -2.32. The number of halogens is 2. The summed E-state index contributed by atoms with van der Waals surface area (Å²) in [6.07, 6.45) is 0.591. The number of ether oxygens (including phenoxy) is 1. The van der Waals surface area contributed by atoms with E-state index in [1.807, 2.05) is 29.2 Å². The van der Waals surface area contributed by atoms with E-state index in [0.717, 1.165) is 16.2 Å². The Morgan fingerprint density at radius 3 is 2.62 bits per heavy atom. The molecule has 2 atom stereocenters. The average molecular weight is 459 g/mol. The first-order valence-electron chi connectivity index (χ1n) is 10.7. The number of nitrogens with one attached hydrogen (secondary N) is 1. The van der Waals surface area contributed by atoms with E-state index in [-0.39, 0.29) is 23.3 Å². The van der Waals surface area contributed by atoms with Crippen LogP contribution in [-0.2, 0) is 16.1 Å². The van der Waals surface area contributed by atoms with Gasteiger partial charge in [0.1, 0.15) is 11.6 Å². The maximum atomic E-state index is 14.4. The maximum absolute atomic E-state index is 14.4. The molecule has 168 valence electrons. The minimum absolute atomic E-state index is 0.00154. The number of H-pyrrole nitrogens is 1. The van der Waals surface area contributed by atoms with Crippen LogP contribution in [0, 0.1) is 11.6 Å². The Bertz CT molecular complexity index is 1070. The van der Waals surface area contributed by atoms with Gasteiger partial charge in [-0.25, -0.2) is 13.8 Å². The van der Waals surface area contributed by atoms with Gasteiger partial charge in [-0.05, 0) is 30.7 Å². The van der Waals surface area contributed by atoms with Crippen molar-refractivity contribution in [2.45, 2.75) is 29.4 Å². The summed E-state index contributed by atoms with van der Waals surface area (Å²) < 4.78 is 34.1. The molecule has 1 N–H and O–H groups in total. The number of aromatic amines is 1. The molecule has 0 unspecified atom stereocenters. The molecule has 6 nitrogen and oxygen atoms in total. The second-order valence-corrected chi connectivity index (χ2v) is 9.41. The number of rotatable bonds is 5. The average Bonchev–Trinajstić information content (AvgIpc) is 3.40. The minimum Gasteiger partial charge on any atom is -0.378 e. The van der Waals surface area contributed by atoms with E-state index in [1.54, 1.807) is 16.7 Å². The second kappa shape index (κ2) is 9.17. The summed E-state index contributed by atoms with van der Waals surface area (Å²) in [5.41, 5.74) is 1.85. The third-order valence-corrected chi connectivity index (χ3v) is 7.13. The normalized spacial score (nSPS) is 22.0. The molecule has 5 rings (SSSR count). The number of likely N-dealkylation sites (tertiary alicyclic amines) is 1. The zero-order valence-electron chi connectivity index (χ0n) is 17.5. The standard InChI is InChI=1S/C23H24F2N4O2S/c24-17-4-3-5-18(25)16(17)14-29-13-15(12-21(29)22(30)28-8-10-31-11-9-28)32-23-26-19-6-1-2-7-20(19)27-23/h1-7,15,21H,8-14H2,(H,26,27)/t15-,21+/m1/s1. The Kier molecular flexibility index (Phi) is 6.12. The van der Waals surface area contributed by atoms with Crippen LogP contribution >= 0.6 is 11.8 Å². The Balaban J connectivity index is 1.37. The number of amides is 1. The predicted octanol–water partition coefficient (Wildman–Crippen LogP) is 3.44. The van der Waals surface area contributed by atoms with Crippen LogP contribution < -0.4 is 0 Å². The van der Waals surface area contributed by atoms with Crippen LogP contribution in [0.5, 0.6) is 0 Å². The summed E-state index contributed by atoms with van der Waals surface area (Å²) in [5.74, 6) is -1.18. The van der Waals surface area contributed by atoms with E-state index < -0.39 is 17.7 Å². The van der Waals surface area contributed by atoms with Gasteiger partial charge in [0.15, 0.2) is 5.16 Å². The van der Waals surface area contributed by atoms with Gasteiger partial charge in [-0.3, -0.25) is 9.69 Å². The van der Waals surface area contributed by atoms with Crippen molar-refractivity contribution in [2.24, 2.45) is 0 Å². The number of hydrogen-bond donors (Lipinski definition) is 1. The van der Waals surface area contributed by atoms with Crippen LogP contribution in [0.1, 0.15) is 12.0 Å². The predicted molar refractivity (Wildman–Crippen MR) is 118 cm³/mol. The number of hydrogen-bond acceptors (Lipinski definition) is 5. The molecular formula is C23H24F2N4O2S. The molecule has 1 amide bonds. The van der Waals surface area contributed by atoms with E-state index in [9.17, 15) is 13.6 Å². The molecule has 9 heteroatoms. The van der Waals surface area contributed by atoms with E-state index in [2.05, 4.69) is 9.97 Å². The summed E-state index contributed by atoms with van der Waals surface area (Å²) in [6.45, 7) is 2.69. The molecule has 0 aliphatic carbocycles. The fourth-order valence-electron chi connectivity index (χ4n) is 4.40. The van der Waals surface area contributed by atoms with Crippen molar-refractivity contribution in [3.63, 3.8) is 0 Å². The van der Waals surface area contributed by atoms with E-state index in [4.69, 9.17) is 4.74 Å². The lowest BCUT2D eigenvalue weighted by atomic mass is 10.1. The molecule has 0 spiro atoms. The highest BCUT2D eigenvalue weighted by Crippen LogP contribution is 2.34. The quantitative estimate of drug-likeness (QED) is 0.635. The smallest absolute Gasteiger partial charge is 0.240 e. The minimum atomic E-state index is -0.587. The highest BCUT2D eigenvalue weighted by molar-refractivity contribution is 7.99. The lowest BCUT2D eigenvalue weighted by molar-refractivity contribution is -0.140. The molecular weight excluding hydrogens is 434 g/mol. The van der Waals surface area contributed by atoms with Crippen LogP contribution in [0.15, 0.2) is 47.6 Å². The summed E-state index contributed by atoms with van der Waals surface area (Å²) in [4.78, 5) is 25.0. The molecule has 2 fully saturated rings. The number of benzene rings is 2. The number of fused-ring (bicyclic) bond motifs is 1. The highest BCUT2D eigenvalue weighted by Gasteiger charge is 2.40. The highest BCUT2D eigenvalue weighted by atomic mass is 32.2. The molecule has 2 aromatic carbocycles. The third-order valence-electron chi connectivity index (χ3n) is 6.04. The van der Waals surface area contributed by atoms with Gasteiger partial charge >= 0.3 is 0 Å². The molecule has 3 aromatic rings. The topological polar surface area (TPSA) is 61.5 Å². The summed E-state index contributed by atoms with van der Waals surface area (Å²) in [7, 11) is 0. The van der Waals surface area contributed by atoms with Crippen molar-refractivity contribution in [1.82, 2.24) is 19.8 Å². The number of imidazole rings is 1. The molecule has 2 aliphatic heterocycles. The number of carbonyl (C=O) groups is 1. The maximum Gasteiger partial charge on any atom is 0.240 e. The van der Waals surface area contributed by atoms with Crippen molar-refractivity contribution in [2.75, 3.05) is 32.8 Å². The van der Waals surface area contributed by atoms with Crippen molar-refractivity contribution < 1.29 is 18.3 Å². The van der Waals surface area contributed by atoms with Gasteiger partial charge in [-0.1, -0.05) is 30.0 Å². The molecule has 0 bridgehead atoms. The largest absolute Gasteiger partial charge is 0.378 e. The van der Waals surface area contributed by atoms with E-state index in [0.29, 0.717) is 39.3 Å². The summed E-state index contributed by atoms with van der Waals surface area (Å²) in [5, 5.41) is 0.855. The molecule has 3 heterocycles. The van der Waals surface area contributed by atoms with Gasteiger partial charge in [0.2, 0.25) is 5.91 Å². The van der Waals surface area contributed by atoms with Crippen LogP contribution in [0.25, 0.3) is 11.0 Å². The fraction of sp³-hybridized carbons (Fsp3) is 0.391. The molecule has 1 aromatic heterocycles. The van der Waals surface area contributed by atoms with Crippen molar-refractivity contribution in [3.05, 3.63) is 59.7 Å². The first-order chi connectivity index (χ1) is 15.6.